The number of para-hydroxylation sites is 1. The second kappa shape index (κ2) is 7.58. The van der Waals surface area contributed by atoms with Crippen LogP contribution in [0.5, 0.6) is 11.5 Å². The van der Waals surface area contributed by atoms with Crippen molar-refractivity contribution in [3.05, 3.63) is 59.7 Å². The quantitative estimate of drug-likeness (QED) is 0.880. The lowest BCUT2D eigenvalue weighted by molar-refractivity contribution is -0.0515. The Morgan fingerprint density at radius 3 is 2.39 bits per heavy atom. The highest BCUT2D eigenvalue weighted by atomic mass is 19.3. The molecule has 1 N–H and O–H groups in total. The highest BCUT2D eigenvalue weighted by Gasteiger charge is 2.21. The fourth-order valence-corrected chi connectivity index (χ4v) is 2.17. The van der Waals surface area contributed by atoms with Crippen LogP contribution in [-0.2, 0) is 0 Å². The summed E-state index contributed by atoms with van der Waals surface area (Å²) in [6, 6.07) is 13.4. The van der Waals surface area contributed by atoms with Crippen LogP contribution in [0.4, 0.5) is 8.78 Å². The molecule has 0 saturated carbocycles. The topological polar surface area (TPSA) is 47.6 Å². The van der Waals surface area contributed by atoms with Crippen molar-refractivity contribution in [2.45, 2.75) is 19.6 Å². The van der Waals surface area contributed by atoms with Gasteiger partial charge in [-0.1, -0.05) is 36.4 Å². The van der Waals surface area contributed by atoms with E-state index in [1.165, 1.54) is 19.2 Å². The summed E-state index contributed by atoms with van der Waals surface area (Å²) in [4.78, 5) is 12.4. The molecule has 0 saturated heterocycles. The zero-order chi connectivity index (χ0) is 16.8. The van der Waals surface area contributed by atoms with Crippen LogP contribution in [0.1, 0.15) is 28.9 Å². The van der Waals surface area contributed by atoms with Crippen molar-refractivity contribution in [3.8, 4) is 11.5 Å². The lowest BCUT2D eigenvalue weighted by atomic mass is 10.1. The number of ether oxygens (including phenoxy) is 2. The third kappa shape index (κ3) is 4.18. The largest absolute Gasteiger partial charge is 0.493 e. The molecule has 2 rings (SSSR count). The van der Waals surface area contributed by atoms with E-state index in [1.54, 1.807) is 13.0 Å². The molecule has 2 aromatic carbocycles. The predicted molar refractivity (Wildman–Crippen MR) is 81.9 cm³/mol. The standard InChI is InChI=1S/C17H17F2NO3/c1-11(12-7-4-3-5-8-12)20-16(21)13-9-6-10-14(22-2)15(13)23-17(18)19/h3-11,17H,1-2H3,(H,20,21). The van der Waals surface area contributed by atoms with Crippen molar-refractivity contribution in [1.29, 1.82) is 0 Å². The van der Waals surface area contributed by atoms with Gasteiger partial charge in [-0.15, -0.1) is 0 Å². The van der Waals surface area contributed by atoms with Crippen LogP contribution in [0, 0.1) is 0 Å². The Morgan fingerprint density at radius 1 is 1.09 bits per heavy atom. The molecule has 0 spiro atoms. The molecule has 0 fully saturated rings. The number of hydrogen-bond acceptors (Lipinski definition) is 3. The minimum Gasteiger partial charge on any atom is -0.493 e. The van der Waals surface area contributed by atoms with E-state index >= 15 is 0 Å². The number of nitrogens with one attached hydrogen (secondary N) is 1. The van der Waals surface area contributed by atoms with Crippen LogP contribution in [0.15, 0.2) is 48.5 Å². The number of hydrogen-bond donors (Lipinski definition) is 1. The van der Waals surface area contributed by atoms with E-state index in [4.69, 9.17) is 4.74 Å². The van der Waals surface area contributed by atoms with Crippen molar-refractivity contribution >= 4 is 5.91 Å². The summed E-state index contributed by atoms with van der Waals surface area (Å²) in [6.07, 6.45) is 0. The van der Waals surface area contributed by atoms with Crippen LogP contribution >= 0.6 is 0 Å². The molecule has 122 valence electrons. The lowest BCUT2D eigenvalue weighted by Gasteiger charge is -2.17. The van der Waals surface area contributed by atoms with E-state index in [0.29, 0.717) is 0 Å². The number of methoxy groups -OCH3 is 1. The average Bonchev–Trinajstić information content (AvgIpc) is 2.55. The van der Waals surface area contributed by atoms with Gasteiger partial charge in [0.2, 0.25) is 0 Å². The molecular weight excluding hydrogens is 304 g/mol. The van der Waals surface area contributed by atoms with Crippen molar-refractivity contribution in [2.24, 2.45) is 0 Å². The maximum absolute atomic E-state index is 12.6. The second-order valence-electron chi connectivity index (χ2n) is 4.82. The predicted octanol–water partition coefficient (Wildman–Crippen LogP) is 3.79. The minimum atomic E-state index is -3.05. The van der Waals surface area contributed by atoms with E-state index in [1.807, 2.05) is 30.3 Å². The molecule has 1 atom stereocenters. The number of carbonyl (C=O) groups is 1. The number of benzene rings is 2. The molecule has 1 amide bonds. The molecule has 0 aliphatic rings. The van der Waals surface area contributed by atoms with Crippen molar-refractivity contribution < 1.29 is 23.0 Å². The number of halogens is 2. The monoisotopic (exact) mass is 321 g/mol. The molecule has 2 aromatic rings. The summed E-state index contributed by atoms with van der Waals surface area (Å²) in [5, 5.41) is 2.76. The first-order valence-corrected chi connectivity index (χ1v) is 7.00. The van der Waals surface area contributed by atoms with Crippen molar-refractivity contribution in [2.75, 3.05) is 7.11 Å². The van der Waals surface area contributed by atoms with E-state index in [9.17, 15) is 13.6 Å². The van der Waals surface area contributed by atoms with Gasteiger partial charge in [-0.3, -0.25) is 4.79 Å². The summed E-state index contributed by atoms with van der Waals surface area (Å²) in [5.74, 6) is -0.719. The Kier molecular flexibility index (Phi) is 5.51. The summed E-state index contributed by atoms with van der Waals surface area (Å²) in [5.41, 5.74) is 0.896. The second-order valence-corrected chi connectivity index (χ2v) is 4.82. The SMILES string of the molecule is COc1cccc(C(=O)NC(C)c2ccccc2)c1OC(F)F. The van der Waals surface area contributed by atoms with E-state index in [2.05, 4.69) is 10.1 Å². The molecule has 0 aromatic heterocycles. The molecule has 0 aliphatic heterocycles. The summed E-state index contributed by atoms with van der Waals surface area (Å²) in [7, 11) is 1.32. The normalized spacial score (nSPS) is 11.9. The van der Waals surface area contributed by atoms with E-state index in [-0.39, 0.29) is 23.1 Å². The third-order valence-corrected chi connectivity index (χ3v) is 3.30. The van der Waals surface area contributed by atoms with Crippen molar-refractivity contribution in [1.82, 2.24) is 5.32 Å². The Morgan fingerprint density at radius 2 is 1.78 bits per heavy atom. The minimum absolute atomic E-state index is 0.00701. The molecular formula is C17H17F2NO3. The van der Waals surface area contributed by atoms with Gasteiger partial charge in [0.05, 0.1) is 18.7 Å². The molecule has 0 bridgehead atoms. The highest BCUT2D eigenvalue weighted by Crippen LogP contribution is 2.32. The maximum atomic E-state index is 12.6. The first-order chi connectivity index (χ1) is 11.0. The molecule has 4 nitrogen and oxygen atoms in total. The summed E-state index contributed by atoms with van der Waals surface area (Å²) < 4.78 is 34.6. The van der Waals surface area contributed by atoms with Crippen LogP contribution in [-0.4, -0.2) is 19.6 Å². The highest BCUT2D eigenvalue weighted by molar-refractivity contribution is 5.98. The maximum Gasteiger partial charge on any atom is 0.387 e. The van der Waals surface area contributed by atoms with Crippen LogP contribution in [0.25, 0.3) is 0 Å². The zero-order valence-corrected chi connectivity index (χ0v) is 12.8. The van der Waals surface area contributed by atoms with Gasteiger partial charge in [-0.25, -0.2) is 0 Å². The summed E-state index contributed by atoms with van der Waals surface area (Å²) >= 11 is 0. The molecule has 23 heavy (non-hydrogen) atoms. The van der Waals surface area contributed by atoms with E-state index < -0.39 is 12.5 Å². The number of alkyl halides is 2. The number of rotatable bonds is 6. The molecule has 1 unspecified atom stereocenters. The third-order valence-electron chi connectivity index (χ3n) is 3.30. The zero-order valence-electron chi connectivity index (χ0n) is 12.8. The number of amides is 1. The van der Waals surface area contributed by atoms with Crippen LogP contribution < -0.4 is 14.8 Å². The van der Waals surface area contributed by atoms with Gasteiger partial charge in [0, 0.05) is 0 Å². The lowest BCUT2D eigenvalue weighted by Crippen LogP contribution is -2.27. The van der Waals surface area contributed by atoms with Gasteiger partial charge in [0.1, 0.15) is 0 Å². The van der Waals surface area contributed by atoms with Gasteiger partial charge in [-0.05, 0) is 24.6 Å². The molecule has 0 heterocycles. The van der Waals surface area contributed by atoms with Crippen LogP contribution in [0.2, 0.25) is 0 Å². The van der Waals surface area contributed by atoms with Crippen LogP contribution in [0.3, 0.4) is 0 Å². The summed E-state index contributed by atoms with van der Waals surface area (Å²) in [6.45, 7) is -1.24. The average molecular weight is 321 g/mol. The van der Waals surface area contributed by atoms with Gasteiger partial charge in [-0.2, -0.15) is 8.78 Å². The Balaban J connectivity index is 2.25. The number of carbonyl (C=O) groups excluding carboxylic acids is 1. The smallest absolute Gasteiger partial charge is 0.387 e. The van der Waals surface area contributed by atoms with E-state index in [0.717, 1.165) is 5.56 Å². The first-order valence-electron chi connectivity index (χ1n) is 7.00. The molecule has 0 aliphatic carbocycles. The fourth-order valence-electron chi connectivity index (χ4n) is 2.17. The van der Waals surface area contributed by atoms with Gasteiger partial charge in [0.15, 0.2) is 11.5 Å². The molecule has 6 heteroatoms. The Hall–Kier alpha value is -2.63. The first kappa shape index (κ1) is 16.7. The van der Waals surface area contributed by atoms with Crippen molar-refractivity contribution in [3.63, 3.8) is 0 Å². The molecule has 0 radical (unpaired) electrons. The fraction of sp³-hybridized carbons (Fsp3) is 0.235. The van der Waals surface area contributed by atoms with Gasteiger partial charge in [0.25, 0.3) is 5.91 Å². The van der Waals surface area contributed by atoms with Gasteiger partial charge < -0.3 is 14.8 Å². The Bertz CT molecular complexity index is 662. The van der Waals surface area contributed by atoms with Gasteiger partial charge >= 0.3 is 6.61 Å². The Labute approximate surface area is 133 Å².